The molecule has 0 aromatic heterocycles. The minimum atomic E-state index is -0.0394. The summed E-state index contributed by atoms with van der Waals surface area (Å²) in [6, 6.07) is 0. The highest BCUT2D eigenvalue weighted by atomic mass is 16.5. The number of ether oxygens (including phenoxy) is 2. The van der Waals surface area contributed by atoms with E-state index in [4.69, 9.17) is 20.5 Å². The number of hydrogen-bond donors (Lipinski definition) is 2. The number of esters is 2. The number of rotatable bonds is 43. The first-order chi connectivity index (χ1) is 27.5. The van der Waals surface area contributed by atoms with Crippen molar-refractivity contribution in [3.63, 3.8) is 0 Å². The highest BCUT2D eigenvalue weighted by Gasteiger charge is 2.14. The van der Waals surface area contributed by atoms with Gasteiger partial charge >= 0.3 is 11.9 Å². The summed E-state index contributed by atoms with van der Waals surface area (Å²) in [6.07, 6.45) is 40.7. The number of nitrogens with two attached hydrogens (primary N) is 1. The summed E-state index contributed by atoms with van der Waals surface area (Å²) in [4.78, 5) is 31.0. The molecule has 0 rings (SSSR count). The molecule has 0 aliphatic rings. The van der Waals surface area contributed by atoms with Gasteiger partial charge in [-0.3, -0.25) is 9.59 Å². The number of hydrogen-bond acceptors (Lipinski definition) is 7. The smallest absolute Gasteiger partial charge is 0.306 e. The van der Waals surface area contributed by atoms with Crippen molar-refractivity contribution in [1.82, 2.24) is 10.2 Å². The molecular formula is C47H91N5O4. The molecule has 0 radical (unpaired) electrons. The highest BCUT2D eigenvalue weighted by molar-refractivity contribution is 5.78. The molecule has 0 aliphatic heterocycles. The lowest BCUT2D eigenvalue weighted by molar-refractivity contribution is -0.150. The van der Waals surface area contributed by atoms with Crippen molar-refractivity contribution >= 4 is 17.9 Å². The Bertz CT molecular complexity index is 924. The third-order valence-electron chi connectivity index (χ3n) is 10.9. The zero-order chi connectivity index (χ0) is 41.0. The molecule has 0 spiro atoms. The maximum Gasteiger partial charge on any atom is 0.306 e. The lowest BCUT2D eigenvalue weighted by Crippen LogP contribution is -2.34. The summed E-state index contributed by atoms with van der Waals surface area (Å²) in [7, 11) is 0. The first-order valence-corrected chi connectivity index (χ1v) is 24.0. The Hall–Kier alpha value is -2.34. The number of nitrogens with one attached hydrogen (secondary N) is 1. The Morgan fingerprint density at radius 2 is 0.982 bits per heavy atom. The predicted molar refractivity (Wildman–Crippen MR) is 237 cm³/mol. The topological polar surface area (TPSA) is 130 Å². The fourth-order valence-electron chi connectivity index (χ4n) is 7.35. The number of aliphatic imine (C=N–C) groups is 1. The van der Waals surface area contributed by atoms with Gasteiger partial charge < -0.3 is 25.4 Å². The van der Waals surface area contributed by atoms with Crippen molar-refractivity contribution in [2.24, 2.45) is 10.7 Å². The van der Waals surface area contributed by atoms with Gasteiger partial charge in [-0.15, -0.1) is 4.99 Å². The maximum absolute atomic E-state index is 12.8. The van der Waals surface area contributed by atoms with Gasteiger partial charge in [-0.2, -0.15) is 5.26 Å². The van der Waals surface area contributed by atoms with Crippen LogP contribution in [0.2, 0.25) is 0 Å². The zero-order valence-corrected chi connectivity index (χ0v) is 37.2. The minimum absolute atomic E-state index is 0.00550. The number of guanidine groups is 1. The normalized spacial score (nSPS) is 11.7. The molecule has 0 atom stereocenters. The molecule has 3 N–H and O–H groups in total. The van der Waals surface area contributed by atoms with Crippen LogP contribution < -0.4 is 11.1 Å². The Morgan fingerprint density at radius 1 is 0.571 bits per heavy atom. The summed E-state index contributed by atoms with van der Waals surface area (Å²) in [6.45, 7) is 11.1. The molecule has 0 saturated heterocycles. The van der Waals surface area contributed by atoms with Crippen molar-refractivity contribution in [3.05, 3.63) is 0 Å². The summed E-state index contributed by atoms with van der Waals surface area (Å²) in [5, 5.41) is 11.7. The molecule has 0 aromatic carbocycles. The first-order valence-electron chi connectivity index (χ1n) is 24.0. The molecule has 9 heteroatoms. The molecule has 0 aromatic rings. The molecule has 0 amide bonds. The molecule has 0 aliphatic carbocycles. The fourth-order valence-corrected chi connectivity index (χ4v) is 7.35. The quantitative estimate of drug-likeness (QED) is 0.0205. The van der Waals surface area contributed by atoms with Crippen LogP contribution in [-0.4, -0.2) is 61.7 Å². The van der Waals surface area contributed by atoms with E-state index < -0.39 is 0 Å². The second kappa shape index (κ2) is 43.8. The van der Waals surface area contributed by atoms with Gasteiger partial charge in [0.2, 0.25) is 12.2 Å². The number of nitrogens with zero attached hydrogens (tertiary/aromatic N) is 3. The Balaban J connectivity index is 4.36. The Labute approximate surface area is 346 Å². The lowest BCUT2D eigenvalue weighted by atomic mass is 10.0. The Morgan fingerprint density at radius 3 is 1.48 bits per heavy atom. The van der Waals surface area contributed by atoms with Gasteiger partial charge in [-0.1, -0.05) is 162 Å². The van der Waals surface area contributed by atoms with Gasteiger partial charge in [-0.05, 0) is 83.8 Å². The SMILES string of the molecule is CCCCCCCCCOC(=O)CCCCCCCN(CCCCCCCC(=O)OC(CCCCCCCC)CCCCCCCC)CCCN/C(N)=N/C#N. The lowest BCUT2D eigenvalue weighted by Gasteiger charge is -2.22. The van der Waals surface area contributed by atoms with Crippen LogP contribution in [0.5, 0.6) is 0 Å². The molecule has 0 saturated carbocycles. The third kappa shape index (κ3) is 39.9. The van der Waals surface area contributed by atoms with Crippen molar-refractivity contribution < 1.29 is 19.1 Å². The van der Waals surface area contributed by atoms with Crippen LogP contribution in [0, 0.1) is 11.5 Å². The van der Waals surface area contributed by atoms with E-state index >= 15 is 0 Å². The summed E-state index contributed by atoms with van der Waals surface area (Å²) < 4.78 is 11.5. The first kappa shape index (κ1) is 53.7. The van der Waals surface area contributed by atoms with Crippen LogP contribution in [0.15, 0.2) is 4.99 Å². The number of unbranched alkanes of at least 4 members (excludes halogenated alkanes) is 24. The number of nitriles is 1. The molecular weight excluding hydrogens is 699 g/mol. The second-order valence-corrected chi connectivity index (χ2v) is 16.3. The predicted octanol–water partition coefficient (Wildman–Crippen LogP) is 12.5. The summed E-state index contributed by atoms with van der Waals surface area (Å²) >= 11 is 0. The fraction of sp³-hybridized carbons (Fsp3) is 0.915. The van der Waals surface area contributed by atoms with Crippen molar-refractivity contribution in [2.75, 3.05) is 32.8 Å². The van der Waals surface area contributed by atoms with Gasteiger partial charge in [-0.25, -0.2) is 0 Å². The van der Waals surface area contributed by atoms with Crippen LogP contribution in [0.3, 0.4) is 0 Å². The molecule has 0 unspecified atom stereocenters. The third-order valence-corrected chi connectivity index (χ3v) is 10.9. The number of carbonyl (C=O) groups is 2. The molecule has 0 bridgehead atoms. The van der Waals surface area contributed by atoms with E-state index in [1.165, 1.54) is 122 Å². The van der Waals surface area contributed by atoms with E-state index in [1.807, 2.05) is 0 Å². The monoisotopic (exact) mass is 790 g/mol. The van der Waals surface area contributed by atoms with Crippen molar-refractivity contribution in [2.45, 2.75) is 245 Å². The van der Waals surface area contributed by atoms with Crippen LogP contribution in [-0.2, 0) is 19.1 Å². The van der Waals surface area contributed by atoms with Gasteiger partial charge in [0.25, 0.3) is 0 Å². The van der Waals surface area contributed by atoms with E-state index in [0.717, 1.165) is 103 Å². The molecule has 0 fully saturated rings. The molecule has 9 nitrogen and oxygen atoms in total. The Kier molecular flexibility index (Phi) is 41.9. The average molecular weight is 790 g/mol. The largest absolute Gasteiger partial charge is 0.466 e. The van der Waals surface area contributed by atoms with E-state index in [9.17, 15) is 9.59 Å². The van der Waals surface area contributed by atoms with Gasteiger partial charge in [0.05, 0.1) is 6.61 Å². The molecule has 328 valence electrons. The van der Waals surface area contributed by atoms with E-state index in [0.29, 0.717) is 26.0 Å². The van der Waals surface area contributed by atoms with Gasteiger partial charge in [0.15, 0.2) is 0 Å². The summed E-state index contributed by atoms with van der Waals surface area (Å²) in [5.74, 6) is 0.143. The van der Waals surface area contributed by atoms with Gasteiger partial charge in [0, 0.05) is 19.4 Å². The highest BCUT2D eigenvalue weighted by Crippen LogP contribution is 2.18. The molecule has 56 heavy (non-hydrogen) atoms. The van der Waals surface area contributed by atoms with Crippen LogP contribution in [0.25, 0.3) is 0 Å². The van der Waals surface area contributed by atoms with E-state index in [1.54, 1.807) is 6.19 Å². The summed E-state index contributed by atoms with van der Waals surface area (Å²) in [5.41, 5.74) is 5.71. The van der Waals surface area contributed by atoms with E-state index in [-0.39, 0.29) is 24.0 Å². The number of carbonyl (C=O) groups excluding carboxylic acids is 2. The maximum atomic E-state index is 12.8. The van der Waals surface area contributed by atoms with Gasteiger partial charge in [0.1, 0.15) is 6.10 Å². The van der Waals surface area contributed by atoms with Crippen LogP contribution in [0.1, 0.15) is 239 Å². The zero-order valence-electron chi connectivity index (χ0n) is 37.2. The van der Waals surface area contributed by atoms with E-state index in [2.05, 4.69) is 36.0 Å². The van der Waals surface area contributed by atoms with Crippen molar-refractivity contribution in [1.29, 1.82) is 5.26 Å². The molecule has 0 heterocycles. The van der Waals surface area contributed by atoms with Crippen molar-refractivity contribution in [3.8, 4) is 6.19 Å². The van der Waals surface area contributed by atoms with Crippen LogP contribution >= 0.6 is 0 Å². The minimum Gasteiger partial charge on any atom is -0.466 e. The standard InChI is InChI=1S/C47H91N5O4/c1-4-7-10-13-16-25-32-42-55-45(53)36-28-21-17-23-30-39-52(41-33-38-50-47(49)51-43-48)40-31-24-18-22-29-37-46(54)56-44(34-26-19-14-11-8-5-2)35-27-20-15-12-9-6-3/h44H,4-42H2,1-3H3,(H3,49,50,51). The second-order valence-electron chi connectivity index (χ2n) is 16.3. The van der Waals surface area contributed by atoms with Crippen LogP contribution in [0.4, 0.5) is 0 Å². The average Bonchev–Trinajstić information content (AvgIpc) is 3.18.